The molecule has 0 aliphatic rings. The molecule has 4 heteroatoms. The fourth-order valence-electron chi connectivity index (χ4n) is 2.22. The molecule has 2 atom stereocenters. The lowest BCUT2D eigenvalue weighted by molar-refractivity contribution is 0.146. The molecule has 0 saturated heterocycles. The van der Waals surface area contributed by atoms with Gasteiger partial charge in [-0.05, 0) is 41.8 Å². The van der Waals surface area contributed by atoms with Gasteiger partial charge in [0.15, 0.2) is 0 Å². The average Bonchev–Trinajstić information content (AvgIpc) is 2.44. The molecule has 0 saturated carbocycles. The van der Waals surface area contributed by atoms with Gasteiger partial charge >= 0.3 is 0 Å². The second kappa shape index (κ2) is 6.15. The van der Waals surface area contributed by atoms with Crippen LogP contribution < -0.4 is 5.73 Å². The second-order valence-electron chi connectivity index (χ2n) is 4.52. The van der Waals surface area contributed by atoms with E-state index in [9.17, 15) is 5.11 Å². The van der Waals surface area contributed by atoms with E-state index >= 15 is 0 Å². The first-order valence-corrected chi connectivity index (χ1v) is 6.56. The van der Waals surface area contributed by atoms with Crippen LogP contribution in [0.1, 0.15) is 28.7 Å². The smallest absolute Gasteiger partial charge is 0.0873 e. The number of hydrogen-bond acceptors (Lipinski definition) is 3. The van der Waals surface area contributed by atoms with Crippen LogP contribution in [0.25, 0.3) is 0 Å². The summed E-state index contributed by atoms with van der Waals surface area (Å²) in [4.78, 5) is 3.98. The predicted octanol–water partition coefficient (Wildman–Crippen LogP) is 2.82. The topological polar surface area (TPSA) is 59.1 Å². The molecule has 0 bridgehead atoms. The van der Waals surface area contributed by atoms with Gasteiger partial charge in [0.1, 0.15) is 0 Å². The van der Waals surface area contributed by atoms with Gasteiger partial charge in [0, 0.05) is 29.9 Å². The first kappa shape index (κ1) is 14.0. The highest BCUT2D eigenvalue weighted by molar-refractivity contribution is 6.31. The second-order valence-corrected chi connectivity index (χ2v) is 4.93. The minimum absolute atomic E-state index is 0.167. The monoisotopic (exact) mass is 276 g/mol. The molecule has 3 N–H and O–H groups in total. The third-order valence-electron chi connectivity index (χ3n) is 3.40. The number of aliphatic hydroxyl groups is 1. The fourth-order valence-corrected chi connectivity index (χ4v) is 2.40. The third-order valence-corrected chi connectivity index (χ3v) is 3.81. The standard InChI is InChI=1S/C15H17ClN2O/c1-10-12(3-2-4-14(10)16)15(19)13(9-17)11-5-7-18-8-6-11/h2-8,13,15,19H,9,17H2,1H3. The van der Waals surface area contributed by atoms with E-state index in [0.29, 0.717) is 11.6 Å². The Bertz CT molecular complexity index is 545. The summed E-state index contributed by atoms with van der Waals surface area (Å²) in [5.41, 5.74) is 8.51. The predicted molar refractivity (Wildman–Crippen MR) is 77.2 cm³/mol. The normalized spacial score (nSPS) is 14.1. The Labute approximate surface area is 118 Å². The third kappa shape index (κ3) is 2.95. The van der Waals surface area contributed by atoms with Crippen molar-refractivity contribution in [3.63, 3.8) is 0 Å². The van der Waals surface area contributed by atoms with Crippen LogP contribution in [0.2, 0.25) is 5.02 Å². The van der Waals surface area contributed by atoms with Crippen LogP contribution in [0.4, 0.5) is 0 Å². The number of hydrogen-bond donors (Lipinski definition) is 2. The summed E-state index contributed by atoms with van der Waals surface area (Å²) in [7, 11) is 0. The van der Waals surface area contributed by atoms with Crippen LogP contribution >= 0.6 is 11.6 Å². The molecule has 0 aliphatic carbocycles. The maximum absolute atomic E-state index is 10.6. The van der Waals surface area contributed by atoms with Crippen molar-refractivity contribution in [2.75, 3.05) is 6.54 Å². The zero-order chi connectivity index (χ0) is 13.8. The minimum atomic E-state index is -0.675. The van der Waals surface area contributed by atoms with Crippen molar-refractivity contribution in [2.24, 2.45) is 5.73 Å². The van der Waals surface area contributed by atoms with Crippen LogP contribution in [0, 0.1) is 6.92 Å². The van der Waals surface area contributed by atoms with Gasteiger partial charge < -0.3 is 10.8 Å². The van der Waals surface area contributed by atoms with E-state index in [-0.39, 0.29) is 5.92 Å². The summed E-state index contributed by atoms with van der Waals surface area (Å²) in [5.74, 6) is -0.167. The Balaban J connectivity index is 2.36. The number of nitrogens with zero attached hydrogens (tertiary/aromatic N) is 1. The van der Waals surface area contributed by atoms with Crippen molar-refractivity contribution in [1.29, 1.82) is 0 Å². The van der Waals surface area contributed by atoms with Crippen LogP contribution in [0.5, 0.6) is 0 Å². The first-order chi connectivity index (χ1) is 9.15. The summed E-state index contributed by atoms with van der Waals surface area (Å²) < 4.78 is 0. The van der Waals surface area contributed by atoms with Gasteiger partial charge in [0.05, 0.1) is 6.10 Å². The highest BCUT2D eigenvalue weighted by Crippen LogP contribution is 2.33. The van der Waals surface area contributed by atoms with Crippen LogP contribution in [0.3, 0.4) is 0 Å². The lowest BCUT2D eigenvalue weighted by Gasteiger charge is -2.23. The van der Waals surface area contributed by atoms with Gasteiger partial charge in [0.25, 0.3) is 0 Å². The zero-order valence-electron chi connectivity index (χ0n) is 10.8. The number of aromatic nitrogens is 1. The van der Waals surface area contributed by atoms with Crippen LogP contribution in [0.15, 0.2) is 42.7 Å². The van der Waals surface area contributed by atoms with E-state index in [1.54, 1.807) is 12.4 Å². The molecular weight excluding hydrogens is 260 g/mol. The molecule has 1 aromatic carbocycles. The summed E-state index contributed by atoms with van der Waals surface area (Å²) in [5, 5.41) is 11.2. The molecule has 1 aromatic heterocycles. The summed E-state index contributed by atoms with van der Waals surface area (Å²) in [6.45, 7) is 2.26. The van der Waals surface area contributed by atoms with Crippen molar-refractivity contribution in [3.8, 4) is 0 Å². The molecule has 0 fully saturated rings. The Morgan fingerprint density at radius 2 is 1.95 bits per heavy atom. The van der Waals surface area contributed by atoms with Gasteiger partial charge in [-0.3, -0.25) is 4.98 Å². The Hall–Kier alpha value is -1.42. The van der Waals surface area contributed by atoms with Crippen molar-refractivity contribution in [3.05, 3.63) is 64.4 Å². The molecule has 0 radical (unpaired) electrons. The Kier molecular flexibility index (Phi) is 4.53. The lowest BCUT2D eigenvalue weighted by atomic mass is 9.88. The van der Waals surface area contributed by atoms with E-state index in [1.165, 1.54) is 0 Å². The zero-order valence-corrected chi connectivity index (χ0v) is 11.5. The Morgan fingerprint density at radius 3 is 2.58 bits per heavy atom. The number of aliphatic hydroxyl groups excluding tert-OH is 1. The van der Waals surface area contributed by atoms with Gasteiger partial charge in [0.2, 0.25) is 0 Å². The number of halogens is 1. The number of nitrogens with two attached hydrogens (primary N) is 1. The van der Waals surface area contributed by atoms with E-state index in [1.807, 2.05) is 37.3 Å². The summed E-state index contributed by atoms with van der Waals surface area (Å²) in [6.07, 6.45) is 2.73. The first-order valence-electron chi connectivity index (χ1n) is 6.18. The number of rotatable bonds is 4. The molecule has 3 nitrogen and oxygen atoms in total. The van der Waals surface area contributed by atoms with Gasteiger partial charge in [-0.15, -0.1) is 0 Å². The van der Waals surface area contributed by atoms with E-state index in [2.05, 4.69) is 4.98 Å². The van der Waals surface area contributed by atoms with Crippen LogP contribution in [-0.4, -0.2) is 16.6 Å². The van der Waals surface area contributed by atoms with Crippen molar-refractivity contribution >= 4 is 11.6 Å². The van der Waals surface area contributed by atoms with Gasteiger partial charge in [-0.1, -0.05) is 23.7 Å². The highest BCUT2D eigenvalue weighted by atomic mass is 35.5. The molecule has 2 unspecified atom stereocenters. The van der Waals surface area contributed by atoms with Crippen molar-refractivity contribution in [2.45, 2.75) is 18.9 Å². The van der Waals surface area contributed by atoms with Crippen LogP contribution in [-0.2, 0) is 0 Å². The average molecular weight is 277 g/mol. The highest BCUT2D eigenvalue weighted by Gasteiger charge is 2.23. The SMILES string of the molecule is Cc1c(Cl)cccc1C(O)C(CN)c1ccncc1. The summed E-state index contributed by atoms with van der Waals surface area (Å²) in [6, 6.07) is 9.29. The van der Waals surface area contributed by atoms with E-state index in [0.717, 1.165) is 16.7 Å². The molecule has 2 aromatic rings. The number of benzene rings is 1. The van der Waals surface area contributed by atoms with Gasteiger partial charge in [-0.2, -0.15) is 0 Å². The Morgan fingerprint density at radius 1 is 1.26 bits per heavy atom. The minimum Gasteiger partial charge on any atom is -0.388 e. The van der Waals surface area contributed by atoms with E-state index < -0.39 is 6.10 Å². The molecule has 0 aliphatic heterocycles. The molecular formula is C15H17ClN2O. The molecule has 0 amide bonds. The molecule has 2 rings (SSSR count). The maximum Gasteiger partial charge on any atom is 0.0873 e. The fraction of sp³-hybridized carbons (Fsp3) is 0.267. The molecule has 1 heterocycles. The quantitative estimate of drug-likeness (QED) is 0.903. The van der Waals surface area contributed by atoms with Crippen molar-refractivity contribution < 1.29 is 5.11 Å². The van der Waals surface area contributed by atoms with E-state index in [4.69, 9.17) is 17.3 Å². The maximum atomic E-state index is 10.6. The van der Waals surface area contributed by atoms with Crippen molar-refractivity contribution in [1.82, 2.24) is 4.98 Å². The molecule has 0 spiro atoms. The summed E-state index contributed by atoms with van der Waals surface area (Å²) >= 11 is 6.10. The molecule has 100 valence electrons. The number of pyridine rings is 1. The largest absolute Gasteiger partial charge is 0.388 e. The molecule has 19 heavy (non-hydrogen) atoms. The van der Waals surface area contributed by atoms with Gasteiger partial charge in [-0.25, -0.2) is 0 Å². The lowest BCUT2D eigenvalue weighted by Crippen LogP contribution is -2.20.